The minimum absolute atomic E-state index is 0.00828. The first-order valence-electron chi connectivity index (χ1n) is 11.7. The number of hydrogen-bond acceptors (Lipinski definition) is 4. The minimum atomic E-state index is -3.92. The van der Waals surface area contributed by atoms with Crippen LogP contribution in [0.1, 0.15) is 40.6 Å². The third kappa shape index (κ3) is 4.43. The lowest BCUT2D eigenvalue weighted by molar-refractivity contribution is 0.569. The summed E-state index contributed by atoms with van der Waals surface area (Å²) >= 11 is 6.52. The number of halogens is 4. The number of hydrogen-bond donors (Lipinski definition) is 0. The summed E-state index contributed by atoms with van der Waals surface area (Å²) in [4.78, 5) is 16.9. The highest BCUT2D eigenvalue weighted by Crippen LogP contribution is 2.56. The van der Waals surface area contributed by atoms with Gasteiger partial charge in [0.2, 0.25) is 0 Å². The molecule has 0 unspecified atom stereocenters. The maximum absolute atomic E-state index is 16.0. The van der Waals surface area contributed by atoms with Crippen molar-refractivity contribution in [2.24, 2.45) is 0 Å². The smallest absolute Gasteiger partial charge is 0.274 e. The van der Waals surface area contributed by atoms with Gasteiger partial charge in [-0.2, -0.15) is 0 Å². The number of aromatic nitrogens is 2. The summed E-state index contributed by atoms with van der Waals surface area (Å²) in [5, 5.41) is -0.0816. The second-order valence-electron chi connectivity index (χ2n) is 9.54. The van der Waals surface area contributed by atoms with Crippen LogP contribution >= 0.6 is 11.6 Å². The molecule has 0 amide bonds. The third-order valence-electron chi connectivity index (χ3n) is 6.85. The minimum Gasteiger partial charge on any atom is -0.277 e. The second kappa shape index (κ2) is 9.39. The highest BCUT2D eigenvalue weighted by atomic mass is 35.5. The van der Waals surface area contributed by atoms with Gasteiger partial charge in [-0.1, -0.05) is 29.8 Å². The fourth-order valence-electron chi connectivity index (χ4n) is 4.93. The van der Waals surface area contributed by atoms with E-state index in [-0.39, 0.29) is 33.9 Å². The van der Waals surface area contributed by atoms with Gasteiger partial charge in [0.1, 0.15) is 21.4 Å². The van der Waals surface area contributed by atoms with Gasteiger partial charge in [0.15, 0.2) is 21.5 Å². The molecule has 1 aliphatic rings. The van der Waals surface area contributed by atoms with E-state index in [9.17, 15) is 17.6 Å². The topological polar surface area (TPSA) is 69.0 Å². The van der Waals surface area contributed by atoms with Crippen LogP contribution in [0.25, 0.3) is 16.9 Å². The molecule has 0 N–H and O–H groups in total. The van der Waals surface area contributed by atoms with E-state index in [0.29, 0.717) is 23.2 Å². The molecule has 2 atom stereocenters. The zero-order valence-corrected chi connectivity index (χ0v) is 22.2. The Bertz CT molecular complexity index is 1790. The molecule has 1 saturated carbocycles. The van der Waals surface area contributed by atoms with Crippen LogP contribution in [-0.4, -0.2) is 24.2 Å². The van der Waals surface area contributed by atoms with E-state index in [4.69, 9.17) is 11.6 Å². The molecule has 38 heavy (non-hydrogen) atoms. The molecule has 0 aliphatic heterocycles. The van der Waals surface area contributed by atoms with Crippen LogP contribution in [0.2, 0.25) is 5.02 Å². The summed E-state index contributed by atoms with van der Waals surface area (Å²) < 4.78 is 69.9. The SMILES string of the molecule is Cc1cnc(-c2cccc(S(C)(=O)=O)c2F)c(F)c1-n1c(C)cc([C@H]2C[C@@H]2c2cccc(F)c2)c(Cl)c1=O. The van der Waals surface area contributed by atoms with Crippen LogP contribution < -0.4 is 5.56 Å². The van der Waals surface area contributed by atoms with E-state index in [1.165, 1.54) is 30.5 Å². The van der Waals surface area contributed by atoms with Gasteiger partial charge in [-0.05, 0) is 79.1 Å². The predicted octanol–water partition coefficient (Wildman–Crippen LogP) is 6.26. The second-order valence-corrected chi connectivity index (χ2v) is 11.9. The molecule has 2 heterocycles. The molecule has 2 aromatic carbocycles. The molecule has 0 spiro atoms. The van der Waals surface area contributed by atoms with Gasteiger partial charge in [0.05, 0.1) is 5.69 Å². The molecular weight excluding hydrogens is 537 g/mol. The molecule has 5 rings (SSSR count). The fourth-order valence-corrected chi connectivity index (χ4v) is 5.97. The summed E-state index contributed by atoms with van der Waals surface area (Å²) in [5.41, 5.74) is 0.492. The van der Waals surface area contributed by atoms with Crippen LogP contribution in [0.4, 0.5) is 13.2 Å². The maximum Gasteiger partial charge on any atom is 0.274 e. The lowest BCUT2D eigenvalue weighted by atomic mass is 10.0. The largest absolute Gasteiger partial charge is 0.277 e. The molecule has 2 aromatic heterocycles. The monoisotopic (exact) mass is 558 g/mol. The van der Waals surface area contributed by atoms with E-state index in [2.05, 4.69) is 4.98 Å². The van der Waals surface area contributed by atoms with Crippen LogP contribution in [0.5, 0.6) is 0 Å². The van der Waals surface area contributed by atoms with E-state index in [1.54, 1.807) is 26.0 Å². The Morgan fingerprint density at radius 1 is 1.00 bits per heavy atom. The van der Waals surface area contributed by atoms with Crippen LogP contribution in [-0.2, 0) is 9.84 Å². The Balaban J connectivity index is 1.62. The zero-order valence-electron chi connectivity index (χ0n) is 20.6. The van der Waals surface area contributed by atoms with E-state index in [0.717, 1.165) is 22.5 Å². The van der Waals surface area contributed by atoms with Crippen molar-refractivity contribution in [1.29, 1.82) is 0 Å². The van der Waals surface area contributed by atoms with Crippen molar-refractivity contribution in [1.82, 2.24) is 9.55 Å². The van der Waals surface area contributed by atoms with Gasteiger partial charge in [0, 0.05) is 23.7 Å². The Labute approximate surface area is 222 Å². The quantitative estimate of drug-likeness (QED) is 0.290. The third-order valence-corrected chi connectivity index (χ3v) is 8.34. The molecule has 1 fully saturated rings. The molecule has 5 nitrogen and oxygen atoms in total. The molecule has 0 bridgehead atoms. The summed E-state index contributed by atoms with van der Waals surface area (Å²) in [6, 6.07) is 11.6. The lowest BCUT2D eigenvalue weighted by Crippen LogP contribution is -2.24. The zero-order chi connectivity index (χ0) is 27.5. The number of rotatable bonds is 5. The van der Waals surface area contributed by atoms with Gasteiger partial charge >= 0.3 is 0 Å². The molecule has 1 aliphatic carbocycles. The highest BCUT2D eigenvalue weighted by Gasteiger charge is 2.41. The number of pyridine rings is 2. The lowest BCUT2D eigenvalue weighted by Gasteiger charge is -2.18. The molecule has 0 saturated heterocycles. The van der Waals surface area contributed by atoms with Gasteiger partial charge < -0.3 is 0 Å². The first-order valence-corrected chi connectivity index (χ1v) is 14.0. The summed E-state index contributed by atoms with van der Waals surface area (Å²) in [7, 11) is -3.92. The summed E-state index contributed by atoms with van der Waals surface area (Å²) in [5.74, 6) is -2.55. The molecule has 0 radical (unpaired) electrons. The van der Waals surface area contributed by atoms with Crippen molar-refractivity contribution in [3.63, 3.8) is 0 Å². The Morgan fingerprint density at radius 3 is 2.39 bits per heavy atom. The number of nitrogens with zero attached hydrogens (tertiary/aromatic N) is 2. The Morgan fingerprint density at radius 2 is 1.71 bits per heavy atom. The number of sulfone groups is 1. The van der Waals surface area contributed by atoms with Crippen molar-refractivity contribution in [2.45, 2.75) is 37.0 Å². The molecular formula is C28H22ClF3N2O3S. The maximum atomic E-state index is 16.0. The van der Waals surface area contributed by atoms with Crippen LogP contribution in [0, 0.1) is 31.3 Å². The highest BCUT2D eigenvalue weighted by molar-refractivity contribution is 7.90. The van der Waals surface area contributed by atoms with Gasteiger partial charge in [-0.15, -0.1) is 0 Å². The first kappa shape index (κ1) is 26.2. The van der Waals surface area contributed by atoms with Crippen molar-refractivity contribution >= 4 is 21.4 Å². The van der Waals surface area contributed by atoms with Crippen molar-refractivity contribution in [3.05, 3.63) is 110 Å². The molecule has 196 valence electrons. The average Bonchev–Trinajstić information content (AvgIpc) is 3.64. The predicted molar refractivity (Wildman–Crippen MR) is 139 cm³/mol. The number of aryl methyl sites for hydroxylation is 2. The van der Waals surface area contributed by atoms with Crippen LogP contribution in [0.3, 0.4) is 0 Å². The standard InChI is InChI=1S/C28H22ClF3N2O3S/c1-14-13-33-26(18-8-5-9-22(24(18)31)38(3,36)37)25(32)27(14)34-15(2)10-21(23(29)28(34)35)20-12-19(20)16-6-4-7-17(30)11-16/h4-11,13,19-20H,12H2,1-3H3/t19-,20+/m1/s1. The van der Waals surface area contributed by atoms with E-state index >= 15 is 8.78 Å². The summed E-state index contributed by atoms with van der Waals surface area (Å²) in [6.07, 6.45) is 2.83. The fraction of sp³-hybridized carbons (Fsp3) is 0.214. The Hall–Kier alpha value is -3.43. The van der Waals surface area contributed by atoms with Crippen molar-refractivity contribution in [2.75, 3.05) is 6.26 Å². The van der Waals surface area contributed by atoms with Crippen molar-refractivity contribution in [3.8, 4) is 16.9 Å². The van der Waals surface area contributed by atoms with Gasteiger partial charge in [-0.25, -0.2) is 21.6 Å². The normalized spacial score (nSPS) is 17.0. The first-order chi connectivity index (χ1) is 17.9. The molecule has 10 heteroatoms. The van der Waals surface area contributed by atoms with Gasteiger partial charge in [-0.3, -0.25) is 14.3 Å². The Kier molecular flexibility index (Phi) is 6.47. The summed E-state index contributed by atoms with van der Waals surface area (Å²) in [6.45, 7) is 3.18. The van der Waals surface area contributed by atoms with E-state index in [1.807, 2.05) is 6.07 Å². The van der Waals surface area contributed by atoms with E-state index < -0.39 is 37.6 Å². The van der Waals surface area contributed by atoms with Crippen LogP contribution in [0.15, 0.2) is 64.4 Å². The van der Waals surface area contributed by atoms with Gasteiger partial charge in [0.25, 0.3) is 5.56 Å². The van der Waals surface area contributed by atoms with Crippen molar-refractivity contribution < 1.29 is 21.6 Å². The molecule has 4 aromatic rings. The number of benzene rings is 2. The average molecular weight is 559 g/mol.